The summed E-state index contributed by atoms with van der Waals surface area (Å²) in [6, 6.07) is 9.69. The molecule has 2 aromatic rings. The van der Waals surface area contributed by atoms with Crippen LogP contribution in [0.15, 0.2) is 30.3 Å². The van der Waals surface area contributed by atoms with E-state index in [0.29, 0.717) is 16.8 Å². The molecule has 66 valence electrons. The first-order chi connectivity index (χ1) is 6.27. The monoisotopic (exact) mass is 193 g/mol. The van der Waals surface area contributed by atoms with Crippen molar-refractivity contribution in [2.24, 2.45) is 0 Å². The highest BCUT2D eigenvalue weighted by molar-refractivity contribution is 6.31. The molecule has 0 bridgehead atoms. The number of nitrogens with one attached hydrogen (secondary N) is 1. The Bertz CT molecular complexity index is 389. The fourth-order valence-corrected chi connectivity index (χ4v) is 1.23. The highest BCUT2D eigenvalue weighted by Crippen LogP contribution is 2.21. The van der Waals surface area contributed by atoms with Gasteiger partial charge >= 0.3 is 0 Å². The minimum atomic E-state index is 0.334. The molecule has 0 aliphatic rings. The maximum Gasteiger partial charge on any atom is 0.161 e. The average molecular weight is 194 g/mol. The fraction of sp³-hybridized carbons (Fsp3) is 0. The summed E-state index contributed by atoms with van der Waals surface area (Å²) in [4.78, 5) is 6.96. The normalized spacial score (nSPS) is 10.2. The first-order valence-corrected chi connectivity index (χ1v) is 4.21. The Morgan fingerprint density at radius 1 is 1.23 bits per heavy atom. The number of halogens is 1. The molecular weight excluding hydrogens is 186 g/mol. The maximum atomic E-state index is 5.74. The van der Waals surface area contributed by atoms with Crippen molar-refractivity contribution < 1.29 is 0 Å². The summed E-state index contributed by atoms with van der Waals surface area (Å²) in [6.45, 7) is 0. The Labute approximate surface area is 80.6 Å². The first-order valence-electron chi connectivity index (χ1n) is 3.84. The van der Waals surface area contributed by atoms with Crippen LogP contribution in [0.4, 0.5) is 5.82 Å². The molecule has 0 saturated heterocycles. The molecule has 0 amide bonds. The minimum Gasteiger partial charge on any atom is -0.381 e. The number of benzene rings is 1. The predicted octanol–water partition coefficient (Wildman–Crippen LogP) is 2.31. The minimum absolute atomic E-state index is 0.334. The molecule has 0 unspecified atom stereocenters. The Morgan fingerprint density at radius 3 is 2.46 bits per heavy atom. The van der Waals surface area contributed by atoms with Crippen LogP contribution in [0, 0.1) is 0 Å². The van der Waals surface area contributed by atoms with E-state index in [2.05, 4.69) is 9.97 Å². The molecule has 0 radical (unpaired) electrons. The number of nitrogens with zero attached hydrogens (tertiary/aromatic N) is 1. The van der Waals surface area contributed by atoms with Gasteiger partial charge in [0.1, 0.15) is 5.82 Å². The van der Waals surface area contributed by atoms with E-state index in [1.165, 1.54) is 0 Å². The fourth-order valence-electron chi connectivity index (χ4n) is 1.10. The van der Waals surface area contributed by atoms with Crippen molar-refractivity contribution in [2.45, 2.75) is 0 Å². The molecule has 0 fully saturated rings. The second-order valence-electron chi connectivity index (χ2n) is 2.65. The number of H-pyrrole nitrogens is 1. The van der Waals surface area contributed by atoms with Gasteiger partial charge in [-0.2, -0.15) is 0 Å². The van der Waals surface area contributed by atoms with E-state index >= 15 is 0 Å². The maximum absolute atomic E-state index is 5.74. The van der Waals surface area contributed by atoms with Crippen LogP contribution in [0.3, 0.4) is 0 Å². The molecule has 0 atom stereocenters. The van der Waals surface area contributed by atoms with Crippen LogP contribution < -0.4 is 5.73 Å². The molecule has 1 aromatic carbocycles. The zero-order chi connectivity index (χ0) is 9.26. The van der Waals surface area contributed by atoms with Crippen molar-refractivity contribution in [1.82, 2.24) is 9.97 Å². The van der Waals surface area contributed by atoms with Gasteiger partial charge in [0.15, 0.2) is 11.0 Å². The topological polar surface area (TPSA) is 54.7 Å². The Balaban J connectivity index is 2.48. The molecule has 1 heterocycles. The van der Waals surface area contributed by atoms with E-state index in [-0.39, 0.29) is 0 Å². The van der Waals surface area contributed by atoms with Crippen LogP contribution in [0.5, 0.6) is 0 Å². The molecule has 0 aliphatic carbocycles. The van der Waals surface area contributed by atoms with Crippen molar-refractivity contribution in [3.63, 3.8) is 0 Å². The standard InChI is InChI=1S/C9H8ClN3/c10-7-8(11)13-9(12-7)6-4-2-1-3-5-6/h1-5H,11H2,(H,12,13). The average Bonchev–Trinajstić information content (AvgIpc) is 2.49. The number of hydrogen-bond donors (Lipinski definition) is 2. The lowest BCUT2D eigenvalue weighted by molar-refractivity contribution is 1.31. The lowest BCUT2D eigenvalue weighted by Crippen LogP contribution is -1.84. The number of imidazole rings is 1. The quantitative estimate of drug-likeness (QED) is 0.730. The molecule has 13 heavy (non-hydrogen) atoms. The Kier molecular flexibility index (Phi) is 1.94. The summed E-state index contributed by atoms with van der Waals surface area (Å²) >= 11 is 5.74. The third-order valence-electron chi connectivity index (χ3n) is 1.73. The molecular formula is C9H8ClN3. The van der Waals surface area contributed by atoms with Crippen LogP contribution in [0.1, 0.15) is 0 Å². The number of aromatic amines is 1. The van der Waals surface area contributed by atoms with Gasteiger partial charge in [-0.15, -0.1) is 0 Å². The summed E-state index contributed by atoms with van der Waals surface area (Å²) < 4.78 is 0. The number of hydrogen-bond acceptors (Lipinski definition) is 2. The molecule has 3 N–H and O–H groups in total. The van der Waals surface area contributed by atoms with Gasteiger partial charge < -0.3 is 10.7 Å². The van der Waals surface area contributed by atoms with Gasteiger partial charge in [0.25, 0.3) is 0 Å². The SMILES string of the molecule is Nc1nc(-c2ccccc2)[nH]c1Cl. The van der Waals surface area contributed by atoms with E-state index in [9.17, 15) is 0 Å². The second-order valence-corrected chi connectivity index (χ2v) is 3.03. The molecule has 0 spiro atoms. The van der Waals surface area contributed by atoms with Gasteiger partial charge in [-0.25, -0.2) is 4.98 Å². The van der Waals surface area contributed by atoms with Gasteiger partial charge in [0, 0.05) is 5.56 Å². The van der Waals surface area contributed by atoms with E-state index < -0.39 is 0 Å². The summed E-state index contributed by atoms with van der Waals surface area (Å²) in [6.07, 6.45) is 0. The summed E-state index contributed by atoms with van der Waals surface area (Å²) in [7, 11) is 0. The van der Waals surface area contributed by atoms with Crippen LogP contribution in [0.25, 0.3) is 11.4 Å². The highest BCUT2D eigenvalue weighted by Gasteiger charge is 2.05. The van der Waals surface area contributed by atoms with Crippen molar-refractivity contribution in [3.05, 3.63) is 35.5 Å². The lowest BCUT2D eigenvalue weighted by Gasteiger charge is -1.93. The highest BCUT2D eigenvalue weighted by atomic mass is 35.5. The number of aromatic nitrogens is 2. The van der Waals surface area contributed by atoms with Crippen LogP contribution in [0.2, 0.25) is 5.15 Å². The Hall–Kier alpha value is -1.48. The molecule has 0 aliphatic heterocycles. The second kappa shape index (κ2) is 3.11. The zero-order valence-corrected chi connectivity index (χ0v) is 7.55. The van der Waals surface area contributed by atoms with Gasteiger partial charge in [-0.1, -0.05) is 41.9 Å². The first kappa shape index (κ1) is 8.13. The lowest BCUT2D eigenvalue weighted by atomic mass is 10.2. The van der Waals surface area contributed by atoms with Crippen molar-refractivity contribution >= 4 is 17.4 Å². The molecule has 3 nitrogen and oxygen atoms in total. The molecule has 1 aromatic heterocycles. The summed E-state index contributed by atoms with van der Waals surface area (Å²) in [5.74, 6) is 1.03. The largest absolute Gasteiger partial charge is 0.381 e. The van der Waals surface area contributed by atoms with E-state index in [0.717, 1.165) is 5.56 Å². The number of nitrogen functional groups attached to an aromatic ring is 1. The van der Waals surface area contributed by atoms with Crippen molar-refractivity contribution in [1.29, 1.82) is 0 Å². The zero-order valence-electron chi connectivity index (χ0n) is 6.79. The number of anilines is 1. The van der Waals surface area contributed by atoms with Gasteiger partial charge in [0.05, 0.1) is 0 Å². The van der Waals surface area contributed by atoms with Gasteiger partial charge in [0.2, 0.25) is 0 Å². The summed E-state index contributed by atoms with van der Waals surface area (Å²) in [5.41, 5.74) is 6.48. The van der Waals surface area contributed by atoms with Crippen LogP contribution in [-0.2, 0) is 0 Å². The predicted molar refractivity (Wildman–Crippen MR) is 53.4 cm³/mol. The molecule has 0 saturated carbocycles. The van der Waals surface area contributed by atoms with Crippen LogP contribution >= 0.6 is 11.6 Å². The summed E-state index contributed by atoms with van der Waals surface area (Å²) in [5, 5.41) is 0.388. The smallest absolute Gasteiger partial charge is 0.161 e. The third kappa shape index (κ3) is 1.51. The number of nitrogens with two attached hydrogens (primary N) is 1. The number of rotatable bonds is 1. The Morgan fingerprint density at radius 2 is 1.92 bits per heavy atom. The molecule has 2 rings (SSSR count). The van der Waals surface area contributed by atoms with Crippen molar-refractivity contribution in [3.8, 4) is 11.4 Å². The van der Waals surface area contributed by atoms with E-state index in [1.54, 1.807) is 0 Å². The van der Waals surface area contributed by atoms with E-state index in [1.807, 2.05) is 30.3 Å². The van der Waals surface area contributed by atoms with Gasteiger partial charge in [-0.05, 0) is 0 Å². The third-order valence-corrected chi connectivity index (χ3v) is 2.02. The van der Waals surface area contributed by atoms with Crippen molar-refractivity contribution in [2.75, 3.05) is 5.73 Å². The van der Waals surface area contributed by atoms with Gasteiger partial charge in [-0.3, -0.25) is 0 Å². The molecule has 4 heteroatoms. The van der Waals surface area contributed by atoms with Crippen LogP contribution in [-0.4, -0.2) is 9.97 Å². The van der Waals surface area contributed by atoms with E-state index in [4.69, 9.17) is 17.3 Å².